The fraction of sp³-hybridized carbons (Fsp3) is 0.875. The first-order chi connectivity index (χ1) is 13.7. The molecule has 2 rings (SSSR count). The number of piperidine rings is 2. The van der Waals surface area contributed by atoms with Gasteiger partial charge in [-0.15, -0.1) is 0 Å². The molecule has 1 unspecified atom stereocenters. The summed E-state index contributed by atoms with van der Waals surface area (Å²) < 4.78 is 84.5. The molecule has 0 radical (unpaired) electrons. The van der Waals surface area contributed by atoms with E-state index < -0.39 is 60.7 Å². The third-order valence-corrected chi connectivity index (χ3v) is 3.52. The second-order valence-corrected chi connectivity index (χ2v) is 6.26. The van der Waals surface area contributed by atoms with E-state index in [4.69, 9.17) is 18.4 Å². The van der Waals surface area contributed by atoms with Gasteiger partial charge in [-0.05, 0) is 46.5 Å². The van der Waals surface area contributed by atoms with Gasteiger partial charge >= 0.3 is 12.5 Å². The van der Waals surface area contributed by atoms with E-state index in [2.05, 4.69) is 0 Å². The van der Waals surface area contributed by atoms with Gasteiger partial charge in [-0.25, -0.2) is 4.79 Å². The van der Waals surface area contributed by atoms with E-state index in [1.165, 1.54) is 0 Å². The molecular formula is C16H29N2O3+. The molecule has 120 valence electrons. The molecule has 2 amide bonds. The topological polar surface area (TPSA) is 46.6 Å². The second kappa shape index (κ2) is 6.44. The molecule has 2 aliphatic rings. The molecule has 0 aromatic heterocycles. The van der Waals surface area contributed by atoms with E-state index in [9.17, 15) is 9.59 Å². The zero-order chi connectivity index (χ0) is 24.4. The lowest BCUT2D eigenvalue weighted by Crippen LogP contribution is -2.60. The highest BCUT2D eigenvalue weighted by Crippen LogP contribution is 2.26. The molecule has 2 heterocycles. The number of likely N-dealkylation sites (tertiary alicyclic amines) is 2. The van der Waals surface area contributed by atoms with Crippen LogP contribution in [0.2, 0.25) is 0 Å². The van der Waals surface area contributed by atoms with Crippen LogP contribution in [0.4, 0.5) is 4.79 Å². The number of imide groups is 1. The van der Waals surface area contributed by atoms with Crippen LogP contribution < -0.4 is 0 Å². The van der Waals surface area contributed by atoms with Gasteiger partial charge in [0, 0.05) is 31.2 Å². The summed E-state index contributed by atoms with van der Waals surface area (Å²) in [6, 6.07) is -0.952. The minimum absolute atomic E-state index is 0.117. The maximum atomic E-state index is 12.7. The van der Waals surface area contributed by atoms with Crippen LogP contribution >= 0.6 is 0 Å². The number of amides is 2. The van der Waals surface area contributed by atoms with E-state index in [0.717, 1.165) is 0 Å². The Labute approximate surface area is 141 Å². The number of hydrogen-bond acceptors (Lipinski definition) is 4. The first kappa shape index (κ1) is 7.55. The van der Waals surface area contributed by atoms with Crippen LogP contribution in [0, 0.1) is 0 Å². The van der Waals surface area contributed by atoms with E-state index in [1.54, 1.807) is 20.8 Å². The molecule has 0 aromatic carbocycles. The van der Waals surface area contributed by atoms with Gasteiger partial charge in [0.15, 0.2) is 1.37 Å². The molecule has 2 aliphatic heterocycles. The lowest BCUT2D eigenvalue weighted by molar-refractivity contribution is -0.781. The molecule has 0 N–H and O–H groups in total. The Morgan fingerprint density at radius 3 is 2.57 bits per heavy atom. The number of carbonyl (C=O) groups is 2. The lowest BCUT2D eigenvalue weighted by atomic mass is 9.99. The van der Waals surface area contributed by atoms with Gasteiger partial charge < -0.3 is 4.74 Å². The highest BCUT2D eigenvalue weighted by atomic mass is 16.6. The average Bonchev–Trinajstić information content (AvgIpc) is 2.59. The molecule has 0 aliphatic carbocycles. The van der Waals surface area contributed by atoms with Crippen molar-refractivity contribution >= 4 is 12.5 Å². The first-order valence-corrected chi connectivity index (χ1v) is 6.99. The maximum Gasteiger partial charge on any atom is 0.523 e. The third-order valence-electron chi connectivity index (χ3n) is 3.52. The van der Waals surface area contributed by atoms with Crippen LogP contribution in [0.5, 0.6) is 0 Å². The Bertz CT molecular complexity index is 744. The summed E-state index contributed by atoms with van der Waals surface area (Å²) in [5.74, 6) is 0. The normalized spacial score (nSPS) is 51.8. The molecule has 0 bridgehead atoms. The summed E-state index contributed by atoms with van der Waals surface area (Å²) in [6.45, 7) is -0.822. The fourth-order valence-electron chi connectivity index (χ4n) is 2.39. The number of quaternary nitrogens is 1. The number of ether oxygens (including phenoxy) is 1. The maximum absolute atomic E-state index is 12.7. The summed E-state index contributed by atoms with van der Waals surface area (Å²) in [5, 5.41) is 0. The van der Waals surface area contributed by atoms with Crippen LogP contribution in [0.15, 0.2) is 0 Å². The van der Waals surface area contributed by atoms with E-state index in [0.29, 0.717) is 4.90 Å². The summed E-state index contributed by atoms with van der Waals surface area (Å²) in [5.41, 5.74) is -0.914. The van der Waals surface area contributed by atoms with Crippen molar-refractivity contribution in [1.82, 2.24) is 4.90 Å². The van der Waals surface area contributed by atoms with E-state index in [1.807, 2.05) is 0 Å². The smallest absolute Gasteiger partial charge is 0.414 e. The van der Waals surface area contributed by atoms with Crippen molar-refractivity contribution in [3.8, 4) is 0 Å². The quantitative estimate of drug-likeness (QED) is 0.552. The van der Waals surface area contributed by atoms with Gasteiger partial charge in [-0.2, -0.15) is 9.28 Å². The minimum atomic E-state index is -3.29. The van der Waals surface area contributed by atoms with Gasteiger partial charge in [-0.1, -0.05) is 6.37 Å². The van der Waals surface area contributed by atoms with Crippen molar-refractivity contribution in [2.24, 2.45) is 0 Å². The number of carbonyl (C=O) groups excluding carboxylic acids is 2. The van der Waals surface area contributed by atoms with Gasteiger partial charge in [0.25, 0.3) is 0 Å². The van der Waals surface area contributed by atoms with Crippen LogP contribution in [-0.2, 0) is 9.53 Å². The Hall–Kier alpha value is -0.940. The summed E-state index contributed by atoms with van der Waals surface area (Å²) in [4.78, 5) is 25.4. The second-order valence-electron chi connectivity index (χ2n) is 6.26. The van der Waals surface area contributed by atoms with Crippen molar-refractivity contribution in [2.75, 3.05) is 26.1 Å². The summed E-state index contributed by atoms with van der Waals surface area (Å²) in [7, 11) is 0. The molecule has 0 spiro atoms. The van der Waals surface area contributed by atoms with Crippen LogP contribution in [-0.4, -0.2) is 59.6 Å². The van der Waals surface area contributed by atoms with Crippen molar-refractivity contribution < 1.29 is 32.5 Å². The number of nitrogens with zero attached hydrogens (tertiary/aromatic N) is 2. The summed E-state index contributed by atoms with van der Waals surface area (Å²) in [6.07, 6.45) is -12.0. The molecule has 5 nitrogen and oxygen atoms in total. The van der Waals surface area contributed by atoms with Crippen LogP contribution in [0.1, 0.15) is 66.4 Å². The van der Waals surface area contributed by atoms with Gasteiger partial charge in [0.1, 0.15) is 5.60 Å². The van der Waals surface area contributed by atoms with Crippen LogP contribution in [0.25, 0.3) is 0 Å². The Morgan fingerprint density at radius 2 is 2.00 bits per heavy atom. The Morgan fingerprint density at radius 1 is 1.33 bits per heavy atom. The molecule has 0 aromatic rings. The minimum Gasteiger partial charge on any atom is -0.414 e. The zero-order valence-corrected chi connectivity index (χ0v) is 12.6. The molecule has 2 saturated heterocycles. The highest BCUT2D eigenvalue weighted by Gasteiger charge is 2.45. The standard InChI is InChI=1S/C16H29N2O3/c1-16(2,3)21-15(20)18(13-19)11-7-14(8-12-18)17-9-5-4-6-10-17/h13-14H,4-12H2,1-3H3/q+1/i4D2,5D2,6D2,9D,10D2,13D. The van der Waals surface area contributed by atoms with Crippen molar-refractivity contribution in [2.45, 2.75) is 64.4 Å². The molecule has 21 heavy (non-hydrogen) atoms. The Kier molecular flexibility index (Phi) is 2.32. The zero-order valence-electron chi connectivity index (χ0n) is 22.6. The molecule has 1 atom stereocenters. The number of rotatable bonds is 1. The Balaban J connectivity index is 2.38. The SMILES string of the molecule is [2H]C(=O)[N+]1(C(=O)OC(C)(C)C)CCC(N2C([2H])C([2H])([2H])C([2H])([2H])C([2H])([2H])C2([2H])[2H])CC1. The molecule has 0 saturated carbocycles. The van der Waals surface area contributed by atoms with E-state index in [-0.39, 0.29) is 25.9 Å². The third kappa shape index (κ3) is 4.04. The molecular weight excluding hydrogens is 268 g/mol. The predicted octanol–water partition coefficient (Wildman–Crippen LogP) is 2.54. The molecule has 2 fully saturated rings. The van der Waals surface area contributed by atoms with Gasteiger partial charge in [0.05, 0.1) is 13.1 Å². The number of hydrogen-bond donors (Lipinski definition) is 0. The largest absolute Gasteiger partial charge is 0.523 e. The van der Waals surface area contributed by atoms with Gasteiger partial charge in [0.2, 0.25) is 0 Å². The lowest BCUT2D eigenvalue weighted by Gasteiger charge is -2.41. The van der Waals surface area contributed by atoms with Crippen LogP contribution in [0.3, 0.4) is 0 Å². The van der Waals surface area contributed by atoms with Crippen molar-refractivity contribution in [1.29, 1.82) is 0 Å². The summed E-state index contributed by atoms with van der Waals surface area (Å²) >= 11 is 0. The van der Waals surface area contributed by atoms with Crippen molar-refractivity contribution in [3.05, 3.63) is 0 Å². The molecule has 5 heteroatoms. The van der Waals surface area contributed by atoms with Gasteiger partial charge in [-0.3, -0.25) is 4.90 Å². The first-order valence-electron chi connectivity index (χ1n) is 12.1. The highest BCUT2D eigenvalue weighted by molar-refractivity contribution is 5.69. The monoisotopic (exact) mass is 307 g/mol. The average molecular weight is 307 g/mol. The predicted molar refractivity (Wildman–Crippen MR) is 80.7 cm³/mol. The van der Waals surface area contributed by atoms with E-state index >= 15 is 0 Å². The van der Waals surface area contributed by atoms with Crippen molar-refractivity contribution in [3.63, 3.8) is 0 Å². The fourth-order valence-corrected chi connectivity index (χ4v) is 2.39.